The topological polar surface area (TPSA) is 17.8 Å². The first-order chi connectivity index (χ1) is 6.15. The molecule has 0 bridgehead atoms. The number of hydrogen-bond acceptors (Lipinski definition) is 1. The van der Waals surface area contributed by atoms with E-state index in [1.807, 2.05) is 13.8 Å². The zero-order valence-corrected chi connectivity index (χ0v) is 9.76. The second kappa shape index (κ2) is 5.79. The van der Waals surface area contributed by atoms with Gasteiger partial charge in [0.1, 0.15) is 5.82 Å². The maximum atomic E-state index is 4.49. The number of aryl methyl sites for hydroxylation is 2. The minimum absolute atomic E-state index is 0.528. The Morgan fingerprint density at radius 1 is 1.38 bits per heavy atom. The number of nitrogens with zero attached hydrogens (tertiary/aromatic N) is 2. The number of aromatic nitrogens is 2. The molecule has 0 N–H and O–H groups in total. The molecule has 0 atom stereocenters. The minimum Gasteiger partial charge on any atom is -0.338 e. The van der Waals surface area contributed by atoms with Gasteiger partial charge in [-0.25, -0.2) is 4.98 Å². The number of rotatable bonds is 2. The average molecular weight is 182 g/mol. The second-order valence-corrected chi connectivity index (χ2v) is 3.21. The SMILES string of the molecule is CC.CCc1cn(C)c(C(C)C)n1. The van der Waals surface area contributed by atoms with E-state index >= 15 is 0 Å². The fourth-order valence-electron chi connectivity index (χ4n) is 1.25. The van der Waals surface area contributed by atoms with Gasteiger partial charge in [0.25, 0.3) is 0 Å². The van der Waals surface area contributed by atoms with E-state index in [0.29, 0.717) is 5.92 Å². The average Bonchev–Trinajstić information content (AvgIpc) is 2.50. The van der Waals surface area contributed by atoms with Crippen LogP contribution in [-0.4, -0.2) is 9.55 Å². The molecule has 0 aliphatic rings. The maximum absolute atomic E-state index is 4.49. The first-order valence-electron chi connectivity index (χ1n) is 5.17. The number of imidazole rings is 1. The molecule has 2 nitrogen and oxygen atoms in total. The van der Waals surface area contributed by atoms with Crippen LogP contribution in [0.5, 0.6) is 0 Å². The van der Waals surface area contributed by atoms with Crippen molar-refractivity contribution in [1.29, 1.82) is 0 Å². The molecule has 0 fully saturated rings. The molecule has 0 saturated carbocycles. The van der Waals surface area contributed by atoms with Crippen molar-refractivity contribution in [2.75, 3.05) is 0 Å². The van der Waals surface area contributed by atoms with Crippen LogP contribution >= 0.6 is 0 Å². The van der Waals surface area contributed by atoms with Gasteiger partial charge in [0.15, 0.2) is 0 Å². The Morgan fingerprint density at radius 3 is 2.15 bits per heavy atom. The van der Waals surface area contributed by atoms with Crippen LogP contribution in [0.3, 0.4) is 0 Å². The lowest BCUT2D eigenvalue weighted by molar-refractivity contribution is 0.710. The van der Waals surface area contributed by atoms with Crippen molar-refractivity contribution < 1.29 is 0 Å². The molecule has 0 radical (unpaired) electrons. The molecule has 0 amide bonds. The quantitative estimate of drug-likeness (QED) is 0.687. The largest absolute Gasteiger partial charge is 0.338 e. The Labute approximate surface area is 82.0 Å². The molecule has 1 heterocycles. The highest BCUT2D eigenvalue weighted by atomic mass is 15.0. The molecule has 0 aliphatic heterocycles. The van der Waals surface area contributed by atoms with E-state index in [-0.39, 0.29) is 0 Å². The highest BCUT2D eigenvalue weighted by Crippen LogP contribution is 2.12. The van der Waals surface area contributed by atoms with E-state index in [2.05, 4.69) is 43.6 Å². The van der Waals surface area contributed by atoms with Crippen molar-refractivity contribution in [2.24, 2.45) is 7.05 Å². The third-order valence-corrected chi connectivity index (χ3v) is 1.84. The minimum atomic E-state index is 0.528. The predicted octanol–water partition coefficient (Wildman–Crippen LogP) is 3.13. The molecule has 2 heteroatoms. The third-order valence-electron chi connectivity index (χ3n) is 1.84. The van der Waals surface area contributed by atoms with Crippen LogP contribution in [0.15, 0.2) is 6.20 Å². The van der Waals surface area contributed by atoms with Crippen LogP contribution < -0.4 is 0 Å². The molecule has 1 aromatic heterocycles. The standard InChI is InChI=1S/C9H16N2.C2H6/c1-5-8-6-11(4)9(10-8)7(2)3;1-2/h6-7H,5H2,1-4H3;1-2H3. The van der Waals surface area contributed by atoms with Gasteiger partial charge in [0.05, 0.1) is 5.69 Å². The molecule has 13 heavy (non-hydrogen) atoms. The summed E-state index contributed by atoms with van der Waals surface area (Å²) in [6.07, 6.45) is 3.13. The van der Waals surface area contributed by atoms with Crippen molar-refractivity contribution in [1.82, 2.24) is 9.55 Å². The van der Waals surface area contributed by atoms with Crippen molar-refractivity contribution in [3.63, 3.8) is 0 Å². The summed E-state index contributed by atoms with van der Waals surface area (Å²) >= 11 is 0. The van der Waals surface area contributed by atoms with Crippen LogP contribution in [0.25, 0.3) is 0 Å². The fraction of sp³-hybridized carbons (Fsp3) is 0.727. The lowest BCUT2D eigenvalue weighted by Gasteiger charge is -2.02. The van der Waals surface area contributed by atoms with E-state index in [4.69, 9.17) is 0 Å². The van der Waals surface area contributed by atoms with Crippen LogP contribution in [0.2, 0.25) is 0 Å². The molecule has 0 unspecified atom stereocenters. The summed E-state index contributed by atoms with van der Waals surface area (Å²) in [5, 5.41) is 0. The van der Waals surface area contributed by atoms with Crippen molar-refractivity contribution in [3.8, 4) is 0 Å². The summed E-state index contributed by atoms with van der Waals surface area (Å²) in [6.45, 7) is 10.5. The van der Waals surface area contributed by atoms with Crippen molar-refractivity contribution in [3.05, 3.63) is 17.7 Å². The van der Waals surface area contributed by atoms with Crippen LogP contribution in [0.4, 0.5) is 0 Å². The zero-order chi connectivity index (χ0) is 10.4. The molecule has 1 aromatic rings. The molecule has 1 rings (SSSR count). The van der Waals surface area contributed by atoms with Crippen molar-refractivity contribution in [2.45, 2.75) is 47.0 Å². The van der Waals surface area contributed by atoms with Crippen LogP contribution in [0, 0.1) is 0 Å². The summed E-state index contributed by atoms with van der Waals surface area (Å²) in [6, 6.07) is 0. The second-order valence-electron chi connectivity index (χ2n) is 3.21. The first-order valence-corrected chi connectivity index (χ1v) is 5.17. The highest BCUT2D eigenvalue weighted by molar-refractivity contribution is 5.06. The monoisotopic (exact) mass is 182 g/mol. The van der Waals surface area contributed by atoms with Gasteiger partial charge in [-0.05, 0) is 6.42 Å². The normalized spacial score (nSPS) is 9.77. The first kappa shape index (κ1) is 12.2. The highest BCUT2D eigenvalue weighted by Gasteiger charge is 2.06. The third kappa shape index (κ3) is 3.21. The predicted molar refractivity (Wildman–Crippen MR) is 58.0 cm³/mol. The smallest absolute Gasteiger partial charge is 0.111 e. The molecule has 0 saturated heterocycles. The maximum Gasteiger partial charge on any atom is 0.111 e. The summed E-state index contributed by atoms with van der Waals surface area (Å²) in [5.41, 5.74) is 1.19. The van der Waals surface area contributed by atoms with E-state index < -0.39 is 0 Å². The van der Waals surface area contributed by atoms with E-state index in [1.54, 1.807) is 0 Å². The van der Waals surface area contributed by atoms with Gasteiger partial charge < -0.3 is 4.57 Å². The Hall–Kier alpha value is -0.790. The Morgan fingerprint density at radius 2 is 1.92 bits per heavy atom. The van der Waals surface area contributed by atoms with Crippen LogP contribution in [0.1, 0.15) is 52.1 Å². The van der Waals surface area contributed by atoms with E-state index in [0.717, 1.165) is 6.42 Å². The van der Waals surface area contributed by atoms with E-state index in [9.17, 15) is 0 Å². The zero-order valence-electron chi connectivity index (χ0n) is 9.76. The summed E-state index contributed by atoms with van der Waals surface area (Å²) in [5.74, 6) is 1.71. The summed E-state index contributed by atoms with van der Waals surface area (Å²) in [4.78, 5) is 4.49. The fourth-order valence-corrected chi connectivity index (χ4v) is 1.25. The molecular formula is C11H22N2. The number of hydrogen-bond donors (Lipinski definition) is 0. The Kier molecular flexibility index (Phi) is 5.44. The molecular weight excluding hydrogens is 160 g/mol. The molecule has 76 valence electrons. The molecule has 0 aliphatic carbocycles. The lowest BCUT2D eigenvalue weighted by atomic mass is 10.2. The van der Waals surface area contributed by atoms with Gasteiger partial charge in [-0.1, -0.05) is 34.6 Å². The van der Waals surface area contributed by atoms with Crippen LogP contribution in [-0.2, 0) is 13.5 Å². The van der Waals surface area contributed by atoms with Gasteiger partial charge in [-0.3, -0.25) is 0 Å². The molecule has 0 spiro atoms. The molecule has 0 aromatic carbocycles. The van der Waals surface area contributed by atoms with Gasteiger partial charge in [-0.15, -0.1) is 0 Å². The van der Waals surface area contributed by atoms with Gasteiger partial charge in [0.2, 0.25) is 0 Å². The van der Waals surface area contributed by atoms with Crippen molar-refractivity contribution >= 4 is 0 Å². The lowest BCUT2D eigenvalue weighted by Crippen LogP contribution is -1.98. The van der Waals surface area contributed by atoms with Gasteiger partial charge in [-0.2, -0.15) is 0 Å². The Bertz CT molecular complexity index is 236. The summed E-state index contributed by atoms with van der Waals surface area (Å²) < 4.78 is 2.11. The Balaban J connectivity index is 0.000000671. The van der Waals surface area contributed by atoms with Gasteiger partial charge in [0, 0.05) is 19.2 Å². The van der Waals surface area contributed by atoms with E-state index in [1.165, 1.54) is 11.5 Å². The summed E-state index contributed by atoms with van der Waals surface area (Å²) in [7, 11) is 2.06. The van der Waals surface area contributed by atoms with Gasteiger partial charge >= 0.3 is 0 Å².